The van der Waals surface area contributed by atoms with E-state index in [9.17, 15) is 9.18 Å². The first kappa shape index (κ1) is 12.2. The van der Waals surface area contributed by atoms with Gasteiger partial charge in [-0.1, -0.05) is 30.3 Å². The molecule has 0 aromatic heterocycles. The van der Waals surface area contributed by atoms with Gasteiger partial charge in [0.2, 0.25) is 0 Å². The Morgan fingerprint density at radius 1 is 1.41 bits per heavy atom. The number of halogens is 1. The first-order valence-electron chi connectivity index (χ1n) is 5.74. The van der Waals surface area contributed by atoms with Gasteiger partial charge in [0.15, 0.2) is 12.5 Å². The molecule has 1 fully saturated rings. The van der Waals surface area contributed by atoms with Crippen molar-refractivity contribution in [2.75, 3.05) is 19.8 Å². The van der Waals surface area contributed by atoms with E-state index in [2.05, 4.69) is 0 Å². The molecule has 17 heavy (non-hydrogen) atoms. The highest BCUT2D eigenvalue weighted by Crippen LogP contribution is 2.19. The number of rotatable bonds is 6. The maximum atomic E-state index is 12.3. The fourth-order valence-corrected chi connectivity index (χ4v) is 1.90. The lowest BCUT2D eigenvalue weighted by molar-refractivity contribution is -0.145. The van der Waals surface area contributed by atoms with Gasteiger partial charge in [-0.05, 0) is 5.56 Å². The van der Waals surface area contributed by atoms with Crippen molar-refractivity contribution in [2.24, 2.45) is 5.92 Å². The molecule has 0 N–H and O–H groups in total. The summed E-state index contributed by atoms with van der Waals surface area (Å²) in [5, 5.41) is 0. The topological polar surface area (TPSA) is 29.5 Å². The zero-order valence-corrected chi connectivity index (χ0v) is 9.59. The molecule has 1 aliphatic heterocycles. The number of ether oxygens (including phenoxy) is 1. The van der Waals surface area contributed by atoms with Crippen LogP contribution < -0.4 is 0 Å². The summed E-state index contributed by atoms with van der Waals surface area (Å²) in [6.45, 7) is 1.30. The molecule has 1 saturated heterocycles. The zero-order valence-electron chi connectivity index (χ0n) is 9.59. The predicted octanol–water partition coefficient (Wildman–Crippen LogP) is 1.63. The van der Waals surface area contributed by atoms with Gasteiger partial charge in [-0.2, -0.15) is 0 Å². The lowest BCUT2D eigenvalue weighted by atomic mass is 10.0. The Bertz CT molecular complexity index is 352. The molecule has 4 heteroatoms. The van der Waals surface area contributed by atoms with Crippen LogP contribution in [0, 0.1) is 5.92 Å². The number of nitrogens with zero attached hydrogens (tertiary/aromatic N) is 1. The van der Waals surface area contributed by atoms with Gasteiger partial charge in [0.1, 0.15) is 0 Å². The van der Waals surface area contributed by atoms with Crippen molar-refractivity contribution in [3.63, 3.8) is 0 Å². The largest absolute Gasteiger partial charge is 0.351 e. The van der Waals surface area contributed by atoms with Crippen LogP contribution in [0.4, 0.5) is 4.39 Å². The Balaban J connectivity index is 1.79. The Morgan fingerprint density at radius 3 is 2.71 bits per heavy atom. The molecule has 0 spiro atoms. The lowest BCUT2D eigenvalue weighted by Crippen LogP contribution is -2.54. The van der Waals surface area contributed by atoms with Crippen molar-refractivity contribution in [1.82, 2.24) is 4.90 Å². The number of carbonyl (C=O) groups is 1. The normalized spacial score (nSPS) is 18.6. The molecule has 1 aromatic carbocycles. The fraction of sp³-hybridized carbons (Fsp3) is 0.462. The van der Waals surface area contributed by atoms with Crippen LogP contribution in [0.1, 0.15) is 5.56 Å². The van der Waals surface area contributed by atoms with E-state index in [1.807, 2.05) is 35.2 Å². The first-order chi connectivity index (χ1) is 8.33. The van der Waals surface area contributed by atoms with Crippen LogP contribution in [0.15, 0.2) is 30.3 Å². The molecule has 92 valence electrons. The number of aldehydes is 1. The molecular formula is C13H16FNO2. The standard InChI is InChI=1S/C13H16FNO2/c14-6-12-7-15(8-12)13(9-16)17-10-11-4-2-1-3-5-11/h1-5,9,12-13H,6-8,10H2/t13-/m0/s1. The van der Waals surface area contributed by atoms with Crippen LogP contribution >= 0.6 is 0 Å². The molecule has 0 radical (unpaired) electrons. The third-order valence-corrected chi connectivity index (χ3v) is 2.94. The van der Waals surface area contributed by atoms with E-state index in [0.717, 1.165) is 11.8 Å². The molecule has 0 saturated carbocycles. The van der Waals surface area contributed by atoms with Crippen LogP contribution in [0.2, 0.25) is 0 Å². The number of alkyl halides is 1. The summed E-state index contributed by atoms with van der Waals surface area (Å²) in [4.78, 5) is 12.7. The smallest absolute Gasteiger partial charge is 0.167 e. The summed E-state index contributed by atoms with van der Waals surface area (Å²) in [5.41, 5.74) is 1.03. The van der Waals surface area contributed by atoms with Crippen LogP contribution in [0.3, 0.4) is 0 Å². The van der Waals surface area contributed by atoms with E-state index in [-0.39, 0.29) is 12.6 Å². The number of likely N-dealkylation sites (tertiary alicyclic amines) is 1. The first-order valence-corrected chi connectivity index (χ1v) is 5.74. The van der Waals surface area contributed by atoms with Crippen molar-refractivity contribution < 1.29 is 13.9 Å². The summed E-state index contributed by atoms with van der Waals surface area (Å²) in [6, 6.07) is 9.68. The van der Waals surface area contributed by atoms with E-state index in [1.165, 1.54) is 0 Å². The summed E-state index contributed by atoms with van der Waals surface area (Å²) in [5.74, 6) is 0.0674. The van der Waals surface area contributed by atoms with Gasteiger partial charge in [-0.3, -0.25) is 14.1 Å². The van der Waals surface area contributed by atoms with Crippen molar-refractivity contribution >= 4 is 6.29 Å². The highest BCUT2D eigenvalue weighted by atomic mass is 19.1. The second-order valence-electron chi connectivity index (χ2n) is 4.30. The minimum absolute atomic E-state index is 0.0674. The third kappa shape index (κ3) is 3.11. The van der Waals surface area contributed by atoms with Gasteiger partial charge < -0.3 is 4.74 Å². The molecular weight excluding hydrogens is 221 g/mol. The summed E-state index contributed by atoms with van der Waals surface area (Å²) >= 11 is 0. The average Bonchev–Trinajstić information content (AvgIpc) is 2.33. The van der Waals surface area contributed by atoms with Crippen molar-refractivity contribution in [3.8, 4) is 0 Å². The van der Waals surface area contributed by atoms with Crippen LogP contribution in [0.25, 0.3) is 0 Å². The number of benzene rings is 1. The predicted molar refractivity (Wildman–Crippen MR) is 62.1 cm³/mol. The van der Waals surface area contributed by atoms with Crippen LogP contribution in [0.5, 0.6) is 0 Å². The van der Waals surface area contributed by atoms with Crippen LogP contribution in [-0.4, -0.2) is 37.2 Å². The average molecular weight is 237 g/mol. The maximum absolute atomic E-state index is 12.3. The van der Waals surface area contributed by atoms with E-state index >= 15 is 0 Å². The minimum Gasteiger partial charge on any atom is -0.351 e. The molecule has 0 amide bonds. The van der Waals surface area contributed by atoms with Gasteiger partial charge in [-0.15, -0.1) is 0 Å². The Kier molecular flexibility index (Phi) is 4.23. The van der Waals surface area contributed by atoms with Crippen LogP contribution in [-0.2, 0) is 16.1 Å². The molecule has 3 nitrogen and oxygen atoms in total. The zero-order chi connectivity index (χ0) is 12.1. The second kappa shape index (κ2) is 5.89. The maximum Gasteiger partial charge on any atom is 0.167 e. The van der Waals surface area contributed by atoms with Crippen molar-refractivity contribution in [2.45, 2.75) is 12.8 Å². The monoisotopic (exact) mass is 237 g/mol. The minimum atomic E-state index is -0.544. The van der Waals surface area contributed by atoms with E-state index < -0.39 is 6.23 Å². The van der Waals surface area contributed by atoms with Gasteiger partial charge in [0.05, 0.1) is 13.3 Å². The molecule has 0 aliphatic carbocycles. The fourth-order valence-electron chi connectivity index (χ4n) is 1.90. The van der Waals surface area contributed by atoms with Gasteiger partial charge in [0.25, 0.3) is 0 Å². The van der Waals surface area contributed by atoms with Gasteiger partial charge in [0, 0.05) is 19.0 Å². The molecule has 0 unspecified atom stereocenters. The molecule has 1 aliphatic rings. The van der Waals surface area contributed by atoms with E-state index in [4.69, 9.17) is 4.74 Å². The quantitative estimate of drug-likeness (QED) is 0.704. The van der Waals surface area contributed by atoms with Crippen molar-refractivity contribution in [1.29, 1.82) is 0 Å². The lowest BCUT2D eigenvalue weighted by Gasteiger charge is -2.40. The molecule has 1 heterocycles. The molecule has 2 rings (SSSR count). The SMILES string of the molecule is O=C[C@H](OCc1ccccc1)N1CC(CF)C1. The summed E-state index contributed by atoms with van der Waals surface area (Å²) < 4.78 is 17.8. The van der Waals surface area contributed by atoms with Gasteiger partial charge >= 0.3 is 0 Å². The van der Waals surface area contributed by atoms with E-state index in [0.29, 0.717) is 19.7 Å². The number of carbonyl (C=O) groups excluding carboxylic acids is 1. The second-order valence-corrected chi connectivity index (χ2v) is 4.30. The summed E-state index contributed by atoms with van der Waals surface area (Å²) in [7, 11) is 0. The van der Waals surface area contributed by atoms with Crippen molar-refractivity contribution in [3.05, 3.63) is 35.9 Å². The molecule has 0 bridgehead atoms. The Morgan fingerprint density at radius 2 is 2.12 bits per heavy atom. The van der Waals surface area contributed by atoms with Gasteiger partial charge in [-0.25, -0.2) is 0 Å². The number of hydrogen-bond donors (Lipinski definition) is 0. The van der Waals surface area contributed by atoms with E-state index in [1.54, 1.807) is 0 Å². The Labute approximate surface area is 100 Å². The molecule has 1 atom stereocenters. The highest BCUT2D eigenvalue weighted by Gasteiger charge is 2.32. The number of hydrogen-bond acceptors (Lipinski definition) is 3. The highest BCUT2D eigenvalue weighted by molar-refractivity contribution is 5.55. The third-order valence-electron chi connectivity index (χ3n) is 2.94. The summed E-state index contributed by atoms with van der Waals surface area (Å²) in [6.07, 6.45) is 0.232. The molecule has 1 aromatic rings. The Hall–Kier alpha value is -1.26.